The van der Waals surface area contributed by atoms with Gasteiger partial charge in [0.2, 0.25) is 0 Å². The Morgan fingerprint density at radius 2 is 1.50 bits per heavy atom. The van der Waals surface area contributed by atoms with Crippen molar-refractivity contribution in [3.05, 3.63) is 53.6 Å². The van der Waals surface area contributed by atoms with Crippen LogP contribution in [0.3, 0.4) is 0 Å². The van der Waals surface area contributed by atoms with Gasteiger partial charge in [0.05, 0.1) is 26.9 Å². The highest BCUT2D eigenvalue weighted by Gasteiger charge is 2.19. The Hall–Kier alpha value is -2.95. The van der Waals surface area contributed by atoms with Crippen LogP contribution in [0.15, 0.2) is 42.5 Å². The van der Waals surface area contributed by atoms with Gasteiger partial charge in [0.25, 0.3) is 0 Å². The van der Waals surface area contributed by atoms with Gasteiger partial charge in [-0.3, -0.25) is 0 Å². The fourth-order valence-electron chi connectivity index (χ4n) is 2.87. The number of methoxy groups -OCH3 is 3. The van der Waals surface area contributed by atoms with E-state index < -0.39 is 5.97 Å². The van der Waals surface area contributed by atoms with Gasteiger partial charge in [0, 0.05) is 0 Å². The van der Waals surface area contributed by atoms with Crippen LogP contribution in [0, 0.1) is 0 Å². The first kappa shape index (κ1) is 19.4. The molecular formula is C21H24O5. The van der Waals surface area contributed by atoms with Gasteiger partial charge in [-0.05, 0) is 47.4 Å². The molecule has 0 spiro atoms. The number of carbonyl (C=O) groups is 1. The highest BCUT2D eigenvalue weighted by atomic mass is 16.5. The molecule has 5 heteroatoms. The monoisotopic (exact) mass is 356 g/mol. The molecule has 0 amide bonds. The number of aliphatic carboxylic acids is 1. The number of ether oxygens (including phenoxy) is 3. The quantitative estimate of drug-likeness (QED) is 0.557. The van der Waals surface area contributed by atoms with Crippen LogP contribution < -0.4 is 14.2 Å². The second-order valence-electron chi connectivity index (χ2n) is 5.71. The van der Waals surface area contributed by atoms with Crippen molar-refractivity contribution in [3.63, 3.8) is 0 Å². The molecule has 0 atom stereocenters. The predicted molar refractivity (Wildman–Crippen MR) is 102 cm³/mol. The Kier molecular flexibility index (Phi) is 6.67. The Morgan fingerprint density at radius 3 is 2.00 bits per heavy atom. The highest BCUT2D eigenvalue weighted by molar-refractivity contribution is 6.23. The summed E-state index contributed by atoms with van der Waals surface area (Å²) in [5.74, 6) is 0.806. The molecule has 5 nitrogen and oxygen atoms in total. The minimum atomic E-state index is -0.975. The van der Waals surface area contributed by atoms with Crippen molar-refractivity contribution in [1.82, 2.24) is 0 Å². The molecule has 0 heterocycles. The van der Waals surface area contributed by atoms with E-state index in [-0.39, 0.29) is 5.57 Å². The van der Waals surface area contributed by atoms with Crippen molar-refractivity contribution in [3.8, 4) is 17.2 Å². The van der Waals surface area contributed by atoms with E-state index >= 15 is 0 Å². The molecule has 138 valence electrons. The van der Waals surface area contributed by atoms with Gasteiger partial charge < -0.3 is 19.3 Å². The van der Waals surface area contributed by atoms with Crippen LogP contribution in [0.5, 0.6) is 17.2 Å². The van der Waals surface area contributed by atoms with E-state index in [1.54, 1.807) is 32.4 Å². The zero-order valence-corrected chi connectivity index (χ0v) is 15.5. The zero-order chi connectivity index (χ0) is 19.1. The van der Waals surface area contributed by atoms with Gasteiger partial charge in [-0.1, -0.05) is 31.5 Å². The van der Waals surface area contributed by atoms with E-state index in [4.69, 9.17) is 14.2 Å². The van der Waals surface area contributed by atoms with Crippen LogP contribution in [-0.4, -0.2) is 32.4 Å². The first-order valence-electron chi connectivity index (χ1n) is 8.38. The minimum Gasteiger partial charge on any atom is -0.497 e. The van der Waals surface area contributed by atoms with Gasteiger partial charge in [-0.25, -0.2) is 4.79 Å². The Labute approximate surface area is 153 Å². The van der Waals surface area contributed by atoms with Gasteiger partial charge in [-0.2, -0.15) is 0 Å². The first-order chi connectivity index (χ1) is 12.5. The summed E-state index contributed by atoms with van der Waals surface area (Å²) in [6, 6.07) is 12.6. The lowest BCUT2D eigenvalue weighted by Gasteiger charge is -2.15. The Morgan fingerprint density at radius 1 is 0.885 bits per heavy atom. The van der Waals surface area contributed by atoms with E-state index in [1.165, 1.54) is 7.11 Å². The second-order valence-corrected chi connectivity index (χ2v) is 5.71. The number of carboxylic acid groups (broad SMARTS) is 1. The number of benzene rings is 2. The molecule has 0 bridgehead atoms. The SMILES string of the molecule is CCC/C(=C(\C(=O)O)c1ccc(OC)c(OC)c1)c1ccc(OC)cc1. The molecule has 0 aliphatic rings. The minimum absolute atomic E-state index is 0.262. The Balaban J connectivity index is 2.66. The Bertz CT molecular complexity index is 791. The fourth-order valence-corrected chi connectivity index (χ4v) is 2.87. The van der Waals surface area contributed by atoms with E-state index in [0.717, 1.165) is 23.3 Å². The molecule has 0 aromatic heterocycles. The van der Waals surface area contributed by atoms with Crippen LogP contribution in [-0.2, 0) is 4.79 Å². The van der Waals surface area contributed by atoms with Crippen molar-refractivity contribution in [2.75, 3.05) is 21.3 Å². The van der Waals surface area contributed by atoms with Crippen LogP contribution in [0.1, 0.15) is 30.9 Å². The summed E-state index contributed by atoms with van der Waals surface area (Å²) in [6.07, 6.45) is 1.47. The molecule has 2 rings (SSSR count). The molecule has 0 saturated heterocycles. The molecule has 0 aliphatic heterocycles. The maximum absolute atomic E-state index is 12.1. The number of hydrogen-bond donors (Lipinski definition) is 1. The van der Waals surface area contributed by atoms with Crippen LogP contribution in [0.25, 0.3) is 11.1 Å². The summed E-state index contributed by atoms with van der Waals surface area (Å²) < 4.78 is 15.8. The average molecular weight is 356 g/mol. The molecule has 0 saturated carbocycles. The van der Waals surface area contributed by atoms with E-state index in [0.29, 0.717) is 23.5 Å². The number of hydrogen-bond acceptors (Lipinski definition) is 4. The molecule has 0 aliphatic carbocycles. The van der Waals surface area contributed by atoms with Crippen LogP contribution in [0.4, 0.5) is 0 Å². The average Bonchev–Trinajstić information content (AvgIpc) is 2.67. The number of allylic oxidation sites excluding steroid dienone is 1. The van der Waals surface area contributed by atoms with Gasteiger partial charge in [0.15, 0.2) is 11.5 Å². The van der Waals surface area contributed by atoms with Crippen molar-refractivity contribution < 1.29 is 24.1 Å². The lowest BCUT2D eigenvalue weighted by atomic mass is 9.91. The molecule has 2 aromatic rings. The number of rotatable bonds is 8. The molecular weight excluding hydrogens is 332 g/mol. The van der Waals surface area contributed by atoms with Gasteiger partial charge >= 0.3 is 5.97 Å². The lowest BCUT2D eigenvalue weighted by Crippen LogP contribution is -2.05. The second kappa shape index (κ2) is 8.94. The van der Waals surface area contributed by atoms with E-state index in [1.807, 2.05) is 31.2 Å². The van der Waals surface area contributed by atoms with Crippen molar-refractivity contribution >= 4 is 17.1 Å². The molecule has 2 aromatic carbocycles. The first-order valence-corrected chi connectivity index (χ1v) is 8.38. The molecule has 0 unspecified atom stereocenters. The normalized spacial score (nSPS) is 11.5. The van der Waals surface area contributed by atoms with Gasteiger partial charge in [-0.15, -0.1) is 0 Å². The summed E-state index contributed by atoms with van der Waals surface area (Å²) in [6.45, 7) is 2.03. The lowest BCUT2D eigenvalue weighted by molar-refractivity contribution is -0.130. The summed E-state index contributed by atoms with van der Waals surface area (Å²) >= 11 is 0. The zero-order valence-electron chi connectivity index (χ0n) is 15.5. The molecule has 1 N–H and O–H groups in total. The van der Waals surface area contributed by atoms with Gasteiger partial charge in [0.1, 0.15) is 5.75 Å². The van der Waals surface area contributed by atoms with Crippen molar-refractivity contribution in [2.45, 2.75) is 19.8 Å². The third-order valence-corrected chi connectivity index (χ3v) is 4.13. The third kappa shape index (κ3) is 4.17. The maximum atomic E-state index is 12.1. The molecule has 0 fully saturated rings. The summed E-state index contributed by atoms with van der Waals surface area (Å²) in [7, 11) is 4.68. The summed E-state index contributed by atoms with van der Waals surface area (Å²) in [5, 5.41) is 9.92. The number of carboxylic acids is 1. The maximum Gasteiger partial charge on any atom is 0.336 e. The smallest absolute Gasteiger partial charge is 0.336 e. The standard InChI is InChI=1S/C21H24O5/c1-5-6-17(14-7-10-16(24-2)11-8-14)20(21(22)23)15-9-12-18(25-3)19(13-15)26-4/h7-13H,5-6H2,1-4H3,(H,22,23)/b20-17+. The largest absolute Gasteiger partial charge is 0.497 e. The molecule has 26 heavy (non-hydrogen) atoms. The molecule has 0 radical (unpaired) electrons. The van der Waals surface area contributed by atoms with Crippen molar-refractivity contribution in [2.24, 2.45) is 0 Å². The van der Waals surface area contributed by atoms with Crippen LogP contribution >= 0.6 is 0 Å². The third-order valence-electron chi connectivity index (χ3n) is 4.13. The van der Waals surface area contributed by atoms with E-state index in [9.17, 15) is 9.90 Å². The topological polar surface area (TPSA) is 65.0 Å². The predicted octanol–water partition coefficient (Wildman–Crippen LogP) is 4.51. The highest BCUT2D eigenvalue weighted by Crippen LogP contribution is 2.35. The fraction of sp³-hybridized carbons (Fsp3) is 0.286. The van der Waals surface area contributed by atoms with Crippen LogP contribution in [0.2, 0.25) is 0 Å². The van der Waals surface area contributed by atoms with E-state index in [2.05, 4.69) is 0 Å². The van der Waals surface area contributed by atoms with Crippen molar-refractivity contribution in [1.29, 1.82) is 0 Å². The summed E-state index contributed by atoms with van der Waals surface area (Å²) in [5.41, 5.74) is 2.47. The summed E-state index contributed by atoms with van der Waals surface area (Å²) in [4.78, 5) is 12.1.